The van der Waals surface area contributed by atoms with E-state index >= 15 is 0 Å². The lowest BCUT2D eigenvalue weighted by Gasteiger charge is -2.15. The van der Waals surface area contributed by atoms with Crippen LogP contribution in [0.3, 0.4) is 0 Å². The standard InChI is InChI=1S/C49H80O5/c1-3-5-7-9-11-13-15-17-19-20-21-22-23-24-25-26-27-28-30-32-34-36-38-40-42-44-49(52)54-47(45-50)46-53-48(51)43-41-39-37-35-33-31-29-18-16-14-12-10-8-6-4-2/h5,7,11-14,17-19,21-22,24-25,27-29,47,50H,3-4,6,8-10,15-16,20,23,26,30-46H2,1-2H3/b7-5-,13-11-,14-12-,19-17-,22-21-,25-24-,28-27-,29-18-. The molecule has 0 aliphatic rings. The van der Waals surface area contributed by atoms with Crippen LogP contribution >= 0.6 is 0 Å². The monoisotopic (exact) mass is 749 g/mol. The number of carbonyl (C=O) groups is 2. The summed E-state index contributed by atoms with van der Waals surface area (Å²) in [4.78, 5) is 24.3. The van der Waals surface area contributed by atoms with Crippen molar-refractivity contribution >= 4 is 11.9 Å². The Hall–Kier alpha value is -3.18. The van der Waals surface area contributed by atoms with Gasteiger partial charge in [-0.1, -0.05) is 169 Å². The Labute approximate surface area is 332 Å². The molecule has 0 spiro atoms. The Balaban J connectivity index is 3.65. The number of aliphatic hydroxyl groups excluding tert-OH is 1. The van der Waals surface area contributed by atoms with Crippen LogP contribution in [0.5, 0.6) is 0 Å². The molecule has 306 valence electrons. The molecule has 1 atom stereocenters. The fourth-order valence-electron chi connectivity index (χ4n) is 5.59. The Morgan fingerprint density at radius 2 is 0.796 bits per heavy atom. The number of ether oxygens (including phenoxy) is 2. The van der Waals surface area contributed by atoms with E-state index < -0.39 is 6.10 Å². The molecule has 1 unspecified atom stereocenters. The molecule has 0 radical (unpaired) electrons. The van der Waals surface area contributed by atoms with Gasteiger partial charge in [0.05, 0.1) is 6.61 Å². The zero-order chi connectivity index (χ0) is 39.3. The summed E-state index contributed by atoms with van der Waals surface area (Å²) in [6.07, 6.45) is 61.8. The first-order valence-corrected chi connectivity index (χ1v) is 21.8. The summed E-state index contributed by atoms with van der Waals surface area (Å²) < 4.78 is 10.6. The normalized spacial score (nSPS) is 13.2. The molecule has 5 nitrogen and oxygen atoms in total. The third kappa shape index (κ3) is 41.6. The molecule has 0 aromatic carbocycles. The molecule has 0 aromatic rings. The zero-order valence-electron chi connectivity index (χ0n) is 34.7. The number of esters is 2. The highest BCUT2D eigenvalue weighted by Gasteiger charge is 2.16. The van der Waals surface area contributed by atoms with E-state index in [-0.39, 0.29) is 25.2 Å². The van der Waals surface area contributed by atoms with Crippen LogP contribution in [0, 0.1) is 0 Å². The number of unbranched alkanes of at least 4 members (excludes halogenated alkanes) is 14. The minimum Gasteiger partial charge on any atom is -0.462 e. The molecule has 0 aromatic heterocycles. The van der Waals surface area contributed by atoms with Crippen LogP contribution in [0.1, 0.15) is 181 Å². The summed E-state index contributed by atoms with van der Waals surface area (Å²) in [5, 5.41) is 9.58. The summed E-state index contributed by atoms with van der Waals surface area (Å²) in [6.45, 7) is 3.96. The van der Waals surface area contributed by atoms with E-state index in [0.29, 0.717) is 12.8 Å². The number of carbonyl (C=O) groups excluding carboxylic acids is 2. The maximum atomic E-state index is 12.2. The Kier molecular flexibility index (Phi) is 41.6. The van der Waals surface area contributed by atoms with E-state index in [4.69, 9.17) is 9.47 Å². The molecule has 0 rings (SSSR count). The van der Waals surface area contributed by atoms with Gasteiger partial charge in [-0.05, 0) is 96.3 Å². The van der Waals surface area contributed by atoms with Crippen molar-refractivity contribution in [3.05, 3.63) is 97.2 Å². The van der Waals surface area contributed by atoms with Gasteiger partial charge in [-0.2, -0.15) is 0 Å². The van der Waals surface area contributed by atoms with E-state index in [1.165, 1.54) is 57.8 Å². The maximum absolute atomic E-state index is 12.2. The van der Waals surface area contributed by atoms with Crippen molar-refractivity contribution < 1.29 is 24.2 Å². The van der Waals surface area contributed by atoms with Crippen molar-refractivity contribution in [2.75, 3.05) is 13.2 Å². The average Bonchev–Trinajstić information content (AvgIpc) is 3.17. The van der Waals surface area contributed by atoms with Crippen LogP contribution in [-0.4, -0.2) is 36.4 Å². The summed E-state index contributed by atoms with van der Waals surface area (Å²) in [5.74, 6) is -0.632. The molecule has 5 heteroatoms. The molecule has 0 amide bonds. The van der Waals surface area contributed by atoms with E-state index in [0.717, 1.165) is 96.3 Å². The lowest BCUT2D eigenvalue weighted by atomic mass is 10.1. The minimum atomic E-state index is -0.792. The molecule has 0 bridgehead atoms. The molecule has 0 aliphatic carbocycles. The molecule has 0 fully saturated rings. The summed E-state index contributed by atoms with van der Waals surface area (Å²) >= 11 is 0. The number of hydrogen-bond donors (Lipinski definition) is 1. The van der Waals surface area contributed by atoms with Crippen molar-refractivity contribution in [3.63, 3.8) is 0 Å². The summed E-state index contributed by atoms with van der Waals surface area (Å²) in [7, 11) is 0. The van der Waals surface area contributed by atoms with E-state index in [1.807, 2.05) is 0 Å². The molecule has 0 saturated heterocycles. The minimum absolute atomic E-state index is 0.0852. The first-order chi connectivity index (χ1) is 26.6. The molecule has 0 heterocycles. The topological polar surface area (TPSA) is 72.8 Å². The molecule has 0 aliphatic heterocycles. The fraction of sp³-hybridized carbons (Fsp3) is 0.633. The van der Waals surface area contributed by atoms with Crippen LogP contribution in [0.4, 0.5) is 0 Å². The van der Waals surface area contributed by atoms with Crippen LogP contribution in [0.15, 0.2) is 97.2 Å². The van der Waals surface area contributed by atoms with Gasteiger partial charge in [-0.3, -0.25) is 9.59 Å². The molecule has 0 saturated carbocycles. The van der Waals surface area contributed by atoms with Crippen LogP contribution in [0.2, 0.25) is 0 Å². The molecular weight excluding hydrogens is 669 g/mol. The number of rotatable bonds is 38. The Morgan fingerprint density at radius 3 is 1.20 bits per heavy atom. The van der Waals surface area contributed by atoms with Gasteiger partial charge in [0.1, 0.15) is 6.61 Å². The second-order valence-electron chi connectivity index (χ2n) is 14.0. The smallest absolute Gasteiger partial charge is 0.306 e. The van der Waals surface area contributed by atoms with Crippen molar-refractivity contribution in [1.29, 1.82) is 0 Å². The van der Waals surface area contributed by atoms with E-state index in [9.17, 15) is 14.7 Å². The number of aliphatic hydroxyl groups is 1. The molecule has 1 N–H and O–H groups in total. The summed E-state index contributed by atoms with van der Waals surface area (Å²) in [6, 6.07) is 0. The maximum Gasteiger partial charge on any atom is 0.306 e. The highest BCUT2D eigenvalue weighted by molar-refractivity contribution is 5.70. The van der Waals surface area contributed by atoms with Gasteiger partial charge in [-0.25, -0.2) is 0 Å². The second kappa shape index (κ2) is 44.2. The van der Waals surface area contributed by atoms with Crippen LogP contribution in [-0.2, 0) is 19.1 Å². The highest BCUT2D eigenvalue weighted by atomic mass is 16.6. The Bertz CT molecular complexity index is 1070. The predicted molar refractivity (Wildman–Crippen MR) is 232 cm³/mol. The van der Waals surface area contributed by atoms with Gasteiger partial charge < -0.3 is 14.6 Å². The zero-order valence-corrected chi connectivity index (χ0v) is 34.7. The van der Waals surface area contributed by atoms with Gasteiger partial charge in [0, 0.05) is 12.8 Å². The largest absolute Gasteiger partial charge is 0.462 e. The van der Waals surface area contributed by atoms with Crippen molar-refractivity contribution in [2.24, 2.45) is 0 Å². The number of hydrogen-bond acceptors (Lipinski definition) is 5. The first-order valence-electron chi connectivity index (χ1n) is 21.8. The van der Waals surface area contributed by atoms with Gasteiger partial charge in [0.15, 0.2) is 6.10 Å². The van der Waals surface area contributed by atoms with Crippen molar-refractivity contribution in [1.82, 2.24) is 0 Å². The Morgan fingerprint density at radius 1 is 0.444 bits per heavy atom. The fourth-order valence-corrected chi connectivity index (χ4v) is 5.59. The average molecular weight is 749 g/mol. The molecule has 54 heavy (non-hydrogen) atoms. The van der Waals surface area contributed by atoms with E-state index in [1.54, 1.807) is 0 Å². The van der Waals surface area contributed by atoms with Gasteiger partial charge in [0.2, 0.25) is 0 Å². The van der Waals surface area contributed by atoms with Crippen molar-refractivity contribution in [2.45, 2.75) is 187 Å². The van der Waals surface area contributed by atoms with Gasteiger partial charge >= 0.3 is 11.9 Å². The van der Waals surface area contributed by atoms with Crippen molar-refractivity contribution in [3.8, 4) is 0 Å². The third-order valence-electron chi connectivity index (χ3n) is 8.86. The highest BCUT2D eigenvalue weighted by Crippen LogP contribution is 2.12. The lowest BCUT2D eigenvalue weighted by Crippen LogP contribution is -2.28. The lowest BCUT2D eigenvalue weighted by molar-refractivity contribution is -0.161. The predicted octanol–water partition coefficient (Wildman–Crippen LogP) is 14.1. The molecular formula is C49H80O5. The van der Waals surface area contributed by atoms with Crippen LogP contribution in [0.25, 0.3) is 0 Å². The number of allylic oxidation sites excluding steroid dienone is 16. The first kappa shape index (κ1) is 50.8. The SMILES string of the molecule is CC/C=C\C/C=C\C/C=C\C/C=C\C/C=C\C/C=C\CCCCCCCCC(=O)OC(CO)COC(=O)CCCCCCC/C=C\C/C=C\CCCCC. The van der Waals surface area contributed by atoms with Gasteiger partial charge in [0.25, 0.3) is 0 Å². The second-order valence-corrected chi connectivity index (χ2v) is 14.0. The van der Waals surface area contributed by atoms with Crippen LogP contribution < -0.4 is 0 Å². The third-order valence-corrected chi connectivity index (χ3v) is 8.86. The van der Waals surface area contributed by atoms with E-state index in [2.05, 4.69) is 111 Å². The van der Waals surface area contributed by atoms with Gasteiger partial charge in [-0.15, -0.1) is 0 Å². The summed E-state index contributed by atoms with van der Waals surface area (Å²) in [5.41, 5.74) is 0. The quantitative estimate of drug-likeness (QED) is 0.0387.